The number of methoxy groups -OCH3 is 1. The molecule has 0 N–H and O–H groups in total. The molecule has 4 heteroatoms. The van der Waals surface area contributed by atoms with Gasteiger partial charge in [-0.2, -0.15) is 17.9 Å². The van der Waals surface area contributed by atoms with Crippen molar-refractivity contribution in [2.75, 3.05) is 19.5 Å². The Hall–Kier alpha value is -2.12. The van der Waals surface area contributed by atoms with Gasteiger partial charge in [-0.15, -0.1) is 0 Å². The van der Waals surface area contributed by atoms with Crippen LogP contribution >= 0.6 is 12.6 Å². The molecule has 0 heterocycles. The van der Waals surface area contributed by atoms with Crippen LogP contribution in [0.4, 0.5) is 0 Å². The van der Waals surface area contributed by atoms with E-state index in [9.17, 15) is 0 Å². The van der Waals surface area contributed by atoms with Crippen LogP contribution in [0.1, 0.15) is 17.0 Å². The minimum Gasteiger partial charge on any atom is -0.493 e. The van der Waals surface area contributed by atoms with Gasteiger partial charge in [0.25, 0.3) is 0 Å². The lowest BCUT2D eigenvalue weighted by molar-refractivity contribution is 0.279. The first-order chi connectivity index (χ1) is 10.3. The van der Waals surface area contributed by atoms with Gasteiger partial charge in [0.2, 0.25) is 0 Å². The summed E-state index contributed by atoms with van der Waals surface area (Å²) in [6, 6.07) is 17.4. The van der Waals surface area contributed by atoms with E-state index in [2.05, 4.69) is 30.8 Å². The van der Waals surface area contributed by atoms with E-state index in [1.807, 2.05) is 18.2 Å². The average molecular weight is 299 g/mol. The fraction of sp³-hybridized carbons (Fsp3) is 0.235. The number of hydrogen-bond acceptors (Lipinski definition) is 4. The molecule has 0 spiro atoms. The third kappa shape index (κ3) is 3.93. The number of nitrogens with zero attached hydrogens (tertiary/aromatic N) is 1. The Balaban J connectivity index is 2.10. The van der Waals surface area contributed by atoms with E-state index < -0.39 is 0 Å². The molecule has 1 atom stereocenters. The molecule has 0 amide bonds. The molecule has 108 valence electrons. The maximum atomic E-state index is 8.90. The van der Waals surface area contributed by atoms with Crippen LogP contribution in [0, 0.1) is 11.3 Å². The zero-order valence-electron chi connectivity index (χ0n) is 11.8. The molecule has 0 aliphatic heterocycles. The summed E-state index contributed by atoms with van der Waals surface area (Å²) in [6.07, 6.45) is 0. The van der Waals surface area contributed by atoms with Crippen molar-refractivity contribution in [3.63, 3.8) is 0 Å². The zero-order chi connectivity index (χ0) is 15.1. The predicted octanol–water partition coefficient (Wildman–Crippen LogP) is 3.66. The smallest absolute Gasteiger partial charge is 0.162 e. The van der Waals surface area contributed by atoms with Crippen LogP contribution < -0.4 is 9.47 Å². The Morgan fingerprint density at radius 3 is 2.52 bits per heavy atom. The van der Waals surface area contributed by atoms with Gasteiger partial charge < -0.3 is 9.47 Å². The summed E-state index contributed by atoms with van der Waals surface area (Å²) in [4.78, 5) is 0. The topological polar surface area (TPSA) is 42.2 Å². The molecular formula is C17H17NO2S. The van der Waals surface area contributed by atoms with Gasteiger partial charge in [0.15, 0.2) is 11.5 Å². The van der Waals surface area contributed by atoms with E-state index in [1.165, 1.54) is 5.56 Å². The lowest BCUT2D eigenvalue weighted by Gasteiger charge is -2.17. The van der Waals surface area contributed by atoms with Crippen LogP contribution in [0.5, 0.6) is 11.5 Å². The van der Waals surface area contributed by atoms with Crippen molar-refractivity contribution >= 4 is 12.6 Å². The molecule has 2 rings (SSSR count). The number of nitriles is 1. The fourth-order valence-corrected chi connectivity index (χ4v) is 2.34. The highest BCUT2D eigenvalue weighted by molar-refractivity contribution is 7.80. The number of thiol groups is 1. The average Bonchev–Trinajstić information content (AvgIpc) is 2.56. The Labute approximate surface area is 130 Å². The van der Waals surface area contributed by atoms with E-state index in [0.717, 1.165) is 0 Å². The Morgan fingerprint density at radius 2 is 1.90 bits per heavy atom. The van der Waals surface area contributed by atoms with Crippen molar-refractivity contribution in [3.05, 3.63) is 59.7 Å². The minimum absolute atomic E-state index is 0.204. The molecular weight excluding hydrogens is 282 g/mol. The van der Waals surface area contributed by atoms with Gasteiger partial charge in [-0.25, -0.2) is 0 Å². The largest absolute Gasteiger partial charge is 0.493 e. The van der Waals surface area contributed by atoms with Crippen molar-refractivity contribution in [1.29, 1.82) is 5.26 Å². The summed E-state index contributed by atoms with van der Waals surface area (Å²) in [7, 11) is 1.57. The highest BCUT2D eigenvalue weighted by atomic mass is 32.1. The summed E-state index contributed by atoms with van der Waals surface area (Å²) < 4.78 is 11.1. The molecule has 1 unspecified atom stereocenters. The normalized spacial score (nSPS) is 11.5. The predicted molar refractivity (Wildman–Crippen MR) is 86.2 cm³/mol. The Bertz CT molecular complexity index is 622. The molecule has 0 aliphatic rings. The number of ether oxygens (including phenoxy) is 2. The molecule has 0 radical (unpaired) electrons. The summed E-state index contributed by atoms with van der Waals surface area (Å²) in [6.45, 7) is 0.510. The van der Waals surface area contributed by atoms with E-state index in [-0.39, 0.29) is 5.92 Å². The summed E-state index contributed by atoms with van der Waals surface area (Å²) in [5.41, 5.74) is 1.74. The highest BCUT2D eigenvalue weighted by Crippen LogP contribution is 2.29. The van der Waals surface area contributed by atoms with Crippen LogP contribution in [0.25, 0.3) is 0 Å². The molecule has 0 saturated carbocycles. The summed E-state index contributed by atoms with van der Waals surface area (Å²) >= 11 is 4.40. The van der Waals surface area contributed by atoms with Gasteiger partial charge in [-0.05, 0) is 17.7 Å². The first-order valence-corrected chi connectivity index (χ1v) is 7.28. The molecule has 2 aromatic rings. The monoisotopic (exact) mass is 299 g/mol. The third-order valence-electron chi connectivity index (χ3n) is 3.22. The summed E-state index contributed by atoms with van der Waals surface area (Å²) in [5, 5.41) is 8.90. The van der Waals surface area contributed by atoms with Crippen LogP contribution in [0.2, 0.25) is 0 Å². The van der Waals surface area contributed by atoms with Crippen molar-refractivity contribution in [3.8, 4) is 17.6 Å². The quantitative estimate of drug-likeness (QED) is 0.828. The first-order valence-electron chi connectivity index (χ1n) is 6.65. The maximum Gasteiger partial charge on any atom is 0.162 e. The molecule has 0 saturated heterocycles. The van der Waals surface area contributed by atoms with Crippen LogP contribution in [0.3, 0.4) is 0 Å². The molecule has 2 aromatic carbocycles. The second-order valence-corrected chi connectivity index (χ2v) is 4.94. The molecule has 21 heavy (non-hydrogen) atoms. The highest BCUT2D eigenvalue weighted by Gasteiger charge is 2.12. The molecule has 0 aromatic heterocycles. The van der Waals surface area contributed by atoms with Crippen molar-refractivity contribution < 1.29 is 9.47 Å². The molecule has 3 nitrogen and oxygen atoms in total. The third-order valence-corrected chi connectivity index (χ3v) is 3.66. The van der Waals surface area contributed by atoms with Gasteiger partial charge in [-0.3, -0.25) is 0 Å². The lowest BCUT2D eigenvalue weighted by Crippen LogP contribution is -2.12. The second-order valence-electron chi connectivity index (χ2n) is 4.58. The van der Waals surface area contributed by atoms with Crippen molar-refractivity contribution in [2.24, 2.45) is 0 Å². The zero-order valence-corrected chi connectivity index (χ0v) is 12.7. The summed E-state index contributed by atoms with van der Waals surface area (Å²) in [5.74, 6) is 2.11. The lowest BCUT2D eigenvalue weighted by atomic mass is 10.0. The van der Waals surface area contributed by atoms with Gasteiger partial charge in [0, 0.05) is 17.7 Å². The standard InChI is InChI=1S/C17H17NO2S/c1-19-17-9-13(10-18)7-8-16(17)20-11-15(12-21)14-5-3-2-4-6-14/h2-9,15,21H,11-12H2,1H3. The molecule has 0 bridgehead atoms. The van der Waals surface area contributed by atoms with Crippen molar-refractivity contribution in [2.45, 2.75) is 5.92 Å². The van der Waals surface area contributed by atoms with E-state index in [1.54, 1.807) is 25.3 Å². The van der Waals surface area contributed by atoms with Crippen molar-refractivity contribution in [1.82, 2.24) is 0 Å². The molecule has 0 aliphatic carbocycles. The number of benzene rings is 2. The Kier molecular flexibility index (Phi) is 5.53. The minimum atomic E-state index is 0.204. The van der Waals surface area contributed by atoms with Gasteiger partial charge in [-0.1, -0.05) is 30.3 Å². The van der Waals surface area contributed by atoms with Crippen LogP contribution in [-0.4, -0.2) is 19.5 Å². The van der Waals surface area contributed by atoms with Crippen LogP contribution in [0.15, 0.2) is 48.5 Å². The van der Waals surface area contributed by atoms with Gasteiger partial charge in [0.1, 0.15) is 0 Å². The fourth-order valence-electron chi connectivity index (χ4n) is 2.03. The maximum absolute atomic E-state index is 8.90. The SMILES string of the molecule is COc1cc(C#N)ccc1OCC(CS)c1ccccc1. The first kappa shape index (κ1) is 15.3. The van der Waals surface area contributed by atoms with Gasteiger partial charge in [0.05, 0.1) is 25.3 Å². The van der Waals surface area contributed by atoms with E-state index >= 15 is 0 Å². The second kappa shape index (κ2) is 7.61. The van der Waals surface area contributed by atoms with Crippen LogP contribution in [-0.2, 0) is 0 Å². The number of rotatable bonds is 6. The Morgan fingerprint density at radius 1 is 1.14 bits per heavy atom. The molecule has 0 fully saturated rings. The number of hydrogen-bond donors (Lipinski definition) is 1. The van der Waals surface area contributed by atoms with Gasteiger partial charge >= 0.3 is 0 Å². The van der Waals surface area contributed by atoms with E-state index in [0.29, 0.717) is 29.4 Å². The van der Waals surface area contributed by atoms with E-state index in [4.69, 9.17) is 14.7 Å².